The van der Waals surface area contributed by atoms with Gasteiger partial charge in [0.25, 0.3) is 0 Å². The van der Waals surface area contributed by atoms with Crippen molar-refractivity contribution in [3.63, 3.8) is 0 Å². The highest BCUT2D eigenvalue weighted by atomic mass is 16.7. The summed E-state index contributed by atoms with van der Waals surface area (Å²) in [6, 6.07) is 0. The zero-order valence-electron chi connectivity index (χ0n) is 15.0. The molecule has 0 spiro atoms. The first-order valence-electron chi connectivity index (χ1n) is 9.27. The minimum atomic E-state index is 0.0543. The van der Waals surface area contributed by atoms with Crippen LogP contribution in [0.5, 0.6) is 0 Å². The molecule has 3 heteroatoms. The van der Waals surface area contributed by atoms with E-state index in [4.69, 9.17) is 4.84 Å². The molecule has 0 saturated carbocycles. The molecule has 0 fully saturated rings. The summed E-state index contributed by atoms with van der Waals surface area (Å²) in [4.78, 5) is 9.43. The fraction of sp³-hybridized carbons (Fsp3) is 0.842. The van der Waals surface area contributed by atoms with Crippen LogP contribution in [0.4, 0.5) is 0 Å². The summed E-state index contributed by atoms with van der Waals surface area (Å²) in [6.07, 6.45) is 16.4. The number of hydrogen-bond donors (Lipinski definition) is 1. The van der Waals surface area contributed by atoms with E-state index >= 15 is 0 Å². The van der Waals surface area contributed by atoms with Crippen LogP contribution in [0.25, 0.3) is 0 Å². The van der Waals surface area contributed by atoms with Crippen LogP contribution >= 0.6 is 0 Å². The van der Waals surface area contributed by atoms with Crippen LogP contribution in [0.15, 0.2) is 17.5 Å². The van der Waals surface area contributed by atoms with Crippen LogP contribution in [0.2, 0.25) is 0 Å². The Morgan fingerprint density at radius 3 is 1.86 bits per heavy atom. The fourth-order valence-electron chi connectivity index (χ4n) is 2.92. The SMILES string of the molecule is C=C1N=C(C(C)(C)CCCCCCCCCCCCC)NO1. The number of aliphatic imine (C=N–C) groups is 1. The van der Waals surface area contributed by atoms with E-state index in [1.807, 2.05) is 0 Å². The van der Waals surface area contributed by atoms with Crippen molar-refractivity contribution in [2.75, 3.05) is 0 Å². The van der Waals surface area contributed by atoms with Crippen molar-refractivity contribution in [2.24, 2.45) is 10.4 Å². The fourth-order valence-corrected chi connectivity index (χ4v) is 2.92. The molecule has 0 bridgehead atoms. The average Bonchev–Trinajstić information content (AvgIpc) is 2.92. The van der Waals surface area contributed by atoms with Gasteiger partial charge in [0, 0.05) is 5.41 Å². The highest BCUT2D eigenvalue weighted by Gasteiger charge is 2.28. The van der Waals surface area contributed by atoms with E-state index < -0.39 is 0 Å². The molecule has 1 rings (SSSR count). The van der Waals surface area contributed by atoms with Crippen molar-refractivity contribution in [2.45, 2.75) is 97.8 Å². The lowest BCUT2D eigenvalue weighted by atomic mass is 9.85. The predicted molar refractivity (Wildman–Crippen MR) is 95.7 cm³/mol. The molecule has 1 aliphatic rings. The van der Waals surface area contributed by atoms with Crippen molar-refractivity contribution >= 4 is 5.84 Å². The van der Waals surface area contributed by atoms with Crippen molar-refractivity contribution in [3.8, 4) is 0 Å². The van der Waals surface area contributed by atoms with Crippen LogP contribution in [0.1, 0.15) is 97.8 Å². The third kappa shape index (κ3) is 7.86. The highest BCUT2D eigenvalue weighted by Crippen LogP contribution is 2.28. The number of amidine groups is 1. The summed E-state index contributed by atoms with van der Waals surface area (Å²) in [6.45, 7) is 10.4. The molecule has 1 heterocycles. The van der Waals surface area contributed by atoms with Crippen LogP contribution in [0, 0.1) is 5.41 Å². The van der Waals surface area contributed by atoms with Gasteiger partial charge in [-0.1, -0.05) is 91.4 Å². The molecule has 0 unspecified atom stereocenters. The van der Waals surface area contributed by atoms with Crippen molar-refractivity contribution < 1.29 is 4.84 Å². The lowest BCUT2D eigenvalue weighted by Gasteiger charge is -2.23. The molecule has 0 aliphatic carbocycles. The van der Waals surface area contributed by atoms with Crippen LogP contribution in [-0.4, -0.2) is 5.84 Å². The van der Waals surface area contributed by atoms with Gasteiger partial charge >= 0.3 is 0 Å². The Balaban J connectivity index is 1.95. The molecule has 128 valence electrons. The Morgan fingerprint density at radius 1 is 0.909 bits per heavy atom. The van der Waals surface area contributed by atoms with Gasteiger partial charge in [-0.2, -0.15) is 4.99 Å². The molecular formula is C19H36N2O. The van der Waals surface area contributed by atoms with Gasteiger partial charge in [0.15, 0.2) is 0 Å². The number of nitrogens with one attached hydrogen (secondary N) is 1. The second-order valence-electron chi connectivity index (χ2n) is 7.23. The number of hydrogen-bond acceptors (Lipinski definition) is 3. The normalized spacial score (nSPS) is 14.7. The lowest BCUT2D eigenvalue weighted by molar-refractivity contribution is 0.171. The van der Waals surface area contributed by atoms with Crippen LogP contribution < -0.4 is 5.48 Å². The van der Waals surface area contributed by atoms with Gasteiger partial charge < -0.3 is 4.84 Å². The summed E-state index contributed by atoms with van der Waals surface area (Å²) >= 11 is 0. The minimum absolute atomic E-state index is 0.0543. The molecular weight excluding hydrogens is 272 g/mol. The molecule has 0 amide bonds. The molecule has 1 aliphatic heterocycles. The molecule has 0 aromatic carbocycles. The summed E-state index contributed by atoms with van der Waals surface area (Å²) in [7, 11) is 0. The van der Waals surface area contributed by atoms with E-state index in [-0.39, 0.29) is 5.41 Å². The van der Waals surface area contributed by atoms with Crippen LogP contribution in [0.3, 0.4) is 0 Å². The Labute approximate surface area is 137 Å². The van der Waals surface area contributed by atoms with Crippen molar-refractivity contribution in [1.29, 1.82) is 0 Å². The van der Waals surface area contributed by atoms with E-state index in [1.54, 1.807) is 0 Å². The number of rotatable bonds is 13. The van der Waals surface area contributed by atoms with Gasteiger partial charge in [-0.3, -0.25) is 0 Å². The second-order valence-corrected chi connectivity index (χ2v) is 7.23. The molecule has 0 aromatic rings. The Hall–Kier alpha value is -0.990. The molecule has 22 heavy (non-hydrogen) atoms. The summed E-state index contributed by atoms with van der Waals surface area (Å²) < 4.78 is 0. The molecule has 0 atom stereocenters. The van der Waals surface area contributed by atoms with Gasteiger partial charge in [0.2, 0.25) is 5.88 Å². The zero-order chi connectivity index (χ0) is 16.3. The standard InChI is InChI=1S/C19H36N2O/c1-5-6-7-8-9-10-11-12-13-14-15-16-19(3,4)18-20-17(2)22-21-18/h2,5-16H2,1,3-4H3,(H,20,21). The summed E-state index contributed by atoms with van der Waals surface area (Å²) in [5, 5.41) is 0. The third-order valence-corrected chi connectivity index (χ3v) is 4.55. The van der Waals surface area contributed by atoms with Gasteiger partial charge in [-0.05, 0) is 13.0 Å². The van der Waals surface area contributed by atoms with Gasteiger partial charge in [0.1, 0.15) is 5.84 Å². The van der Waals surface area contributed by atoms with Crippen molar-refractivity contribution in [3.05, 3.63) is 12.5 Å². The van der Waals surface area contributed by atoms with Crippen molar-refractivity contribution in [1.82, 2.24) is 5.48 Å². The maximum Gasteiger partial charge on any atom is 0.240 e. The predicted octanol–water partition coefficient (Wildman–Crippen LogP) is 6.12. The molecule has 0 saturated heterocycles. The molecule has 1 N–H and O–H groups in total. The molecule has 3 nitrogen and oxygen atoms in total. The first-order valence-corrected chi connectivity index (χ1v) is 9.27. The topological polar surface area (TPSA) is 33.6 Å². The molecule has 0 aromatic heterocycles. The van der Waals surface area contributed by atoms with Gasteiger partial charge in [0.05, 0.1) is 0 Å². The average molecular weight is 309 g/mol. The van der Waals surface area contributed by atoms with E-state index in [0.717, 1.165) is 12.3 Å². The number of nitrogens with zero attached hydrogens (tertiary/aromatic N) is 1. The lowest BCUT2D eigenvalue weighted by Crippen LogP contribution is -2.33. The summed E-state index contributed by atoms with van der Waals surface area (Å²) in [5.74, 6) is 1.39. The van der Waals surface area contributed by atoms with Gasteiger partial charge in [-0.25, -0.2) is 5.48 Å². The quantitative estimate of drug-likeness (QED) is 0.416. The first kappa shape index (κ1) is 19.1. The number of hydroxylamine groups is 1. The zero-order valence-corrected chi connectivity index (χ0v) is 15.0. The highest BCUT2D eigenvalue weighted by molar-refractivity contribution is 5.88. The third-order valence-electron chi connectivity index (χ3n) is 4.55. The Kier molecular flexibility index (Phi) is 9.26. The molecule has 0 radical (unpaired) electrons. The van der Waals surface area contributed by atoms with E-state index in [9.17, 15) is 0 Å². The van der Waals surface area contributed by atoms with E-state index in [0.29, 0.717) is 5.88 Å². The first-order chi connectivity index (χ1) is 10.6. The Bertz CT molecular complexity index is 347. The maximum atomic E-state index is 5.11. The monoisotopic (exact) mass is 308 g/mol. The maximum absolute atomic E-state index is 5.11. The number of unbranched alkanes of at least 4 members (excludes halogenated alkanes) is 10. The van der Waals surface area contributed by atoms with Gasteiger partial charge in [-0.15, -0.1) is 0 Å². The largest absolute Gasteiger partial charge is 0.361 e. The second kappa shape index (κ2) is 10.7. The van der Waals surface area contributed by atoms with E-state index in [1.165, 1.54) is 70.6 Å². The van der Waals surface area contributed by atoms with Crippen LogP contribution in [-0.2, 0) is 4.84 Å². The Morgan fingerprint density at radius 2 is 1.41 bits per heavy atom. The summed E-state index contributed by atoms with van der Waals surface area (Å²) in [5.41, 5.74) is 2.94. The smallest absolute Gasteiger partial charge is 0.240 e. The minimum Gasteiger partial charge on any atom is -0.361 e. The van der Waals surface area contributed by atoms with E-state index in [2.05, 4.69) is 37.8 Å².